The minimum Gasteiger partial charge on any atom is -0.493 e. The Bertz CT molecular complexity index is 981. The predicted octanol–water partition coefficient (Wildman–Crippen LogP) is 4.40. The third-order valence-electron chi connectivity index (χ3n) is 5.20. The van der Waals surface area contributed by atoms with Gasteiger partial charge < -0.3 is 14.5 Å². The minimum atomic E-state index is 0.185. The van der Waals surface area contributed by atoms with E-state index in [1.54, 1.807) is 6.07 Å². The molecule has 1 aliphatic rings. The molecule has 0 saturated carbocycles. The molecule has 0 radical (unpaired) electrons. The molecule has 0 unspecified atom stereocenters. The van der Waals surface area contributed by atoms with Gasteiger partial charge in [-0.3, -0.25) is 4.79 Å². The smallest absolute Gasteiger partial charge is 0.222 e. The highest BCUT2D eigenvalue weighted by Gasteiger charge is 2.21. The van der Waals surface area contributed by atoms with Crippen LogP contribution in [0.15, 0.2) is 60.7 Å². The summed E-state index contributed by atoms with van der Waals surface area (Å²) in [5.41, 5.74) is 0. The van der Waals surface area contributed by atoms with Crippen molar-refractivity contribution in [2.24, 2.45) is 0 Å². The Morgan fingerprint density at radius 3 is 2.55 bits per heavy atom. The number of halogens is 1. The van der Waals surface area contributed by atoms with Crippen molar-refractivity contribution in [1.29, 1.82) is 0 Å². The number of anilines is 1. The summed E-state index contributed by atoms with van der Waals surface area (Å²) in [5.74, 6) is 1.93. The molecule has 29 heavy (non-hydrogen) atoms. The van der Waals surface area contributed by atoms with E-state index in [9.17, 15) is 4.79 Å². The van der Waals surface area contributed by atoms with Crippen LogP contribution in [0.2, 0.25) is 5.15 Å². The van der Waals surface area contributed by atoms with Gasteiger partial charge in [0.05, 0.1) is 6.61 Å². The van der Waals surface area contributed by atoms with Crippen LogP contribution < -0.4 is 9.64 Å². The van der Waals surface area contributed by atoms with Crippen LogP contribution in [0.3, 0.4) is 0 Å². The summed E-state index contributed by atoms with van der Waals surface area (Å²) in [6.45, 7) is 3.48. The van der Waals surface area contributed by atoms with Gasteiger partial charge in [-0.15, -0.1) is 0 Å². The molecule has 1 fully saturated rings. The molecular weight excluding hydrogens is 386 g/mol. The summed E-state index contributed by atoms with van der Waals surface area (Å²) in [7, 11) is 0. The molecule has 0 N–H and O–H groups in total. The molecule has 0 atom stereocenters. The highest BCUT2D eigenvalue weighted by Crippen LogP contribution is 2.25. The number of aromatic nitrogens is 1. The number of piperazine rings is 1. The van der Waals surface area contributed by atoms with Gasteiger partial charge in [-0.05, 0) is 30.0 Å². The lowest BCUT2D eigenvalue weighted by molar-refractivity contribution is -0.131. The molecule has 2 aromatic carbocycles. The van der Waals surface area contributed by atoms with Crippen LogP contribution in [-0.4, -0.2) is 48.6 Å². The number of rotatable bonds is 6. The molecular formula is C23H24ClN3O2. The number of fused-ring (bicyclic) bond motifs is 1. The van der Waals surface area contributed by atoms with Gasteiger partial charge in [0.1, 0.15) is 16.7 Å². The molecule has 150 valence electrons. The SMILES string of the molecule is O=C(CCCOc1cccc2ccccc12)N1CCN(c2cccc(Cl)n2)CC1. The number of hydrogen-bond acceptors (Lipinski definition) is 4. The number of amides is 1. The highest BCUT2D eigenvalue weighted by atomic mass is 35.5. The molecule has 2 heterocycles. The zero-order valence-electron chi connectivity index (χ0n) is 16.3. The van der Waals surface area contributed by atoms with Crippen LogP contribution in [0, 0.1) is 0 Å². The van der Waals surface area contributed by atoms with Gasteiger partial charge in [-0.1, -0.05) is 54.1 Å². The second-order valence-electron chi connectivity index (χ2n) is 7.12. The summed E-state index contributed by atoms with van der Waals surface area (Å²) >= 11 is 5.98. The van der Waals surface area contributed by atoms with E-state index in [2.05, 4.69) is 28.1 Å². The number of hydrogen-bond donors (Lipinski definition) is 0. The van der Waals surface area contributed by atoms with Crippen molar-refractivity contribution < 1.29 is 9.53 Å². The zero-order chi connectivity index (χ0) is 20.1. The zero-order valence-corrected chi connectivity index (χ0v) is 17.0. The van der Waals surface area contributed by atoms with Crippen LogP contribution in [0.5, 0.6) is 5.75 Å². The molecule has 1 amide bonds. The van der Waals surface area contributed by atoms with E-state index >= 15 is 0 Å². The molecule has 0 aliphatic carbocycles. The third-order valence-corrected chi connectivity index (χ3v) is 5.41. The van der Waals surface area contributed by atoms with Crippen molar-refractivity contribution in [2.45, 2.75) is 12.8 Å². The van der Waals surface area contributed by atoms with Gasteiger partial charge >= 0.3 is 0 Å². The second-order valence-corrected chi connectivity index (χ2v) is 7.50. The lowest BCUT2D eigenvalue weighted by Gasteiger charge is -2.35. The van der Waals surface area contributed by atoms with Crippen LogP contribution in [0.1, 0.15) is 12.8 Å². The Hall–Kier alpha value is -2.79. The summed E-state index contributed by atoms with van der Waals surface area (Å²) in [6, 6.07) is 19.8. The van der Waals surface area contributed by atoms with Gasteiger partial charge in [-0.2, -0.15) is 0 Å². The van der Waals surface area contributed by atoms with E-state index in [0.29, 0.717) is 37.7 Å². The Morgan fingerprint density at radius 1 is 0.966 bits per heavy atom. The molecule has 1 saturated heterocycles. The number of carbonyl (C=O) groups excluding carboxylic acids is 1. The van der Waals surface area contributed by atoms with E-state index in [-0.39, 0.29) is 5.91 Å². The number of pyridine rings is 1. The molecule has 1 aromatic heterocycles. The summed E-state index contributed by atoms with van der Waals surface area (Å²) in [4.78, 5) is 21.0. The second kappa shape index (κ2) is 9.14. The van der Waals surface area contributed by atoms with Gasteiger partial charge in [-0.25, -0.2) is 4.98 Å². The Morgan fingerprint density at radius 2 is 1.72 bits per heavy atom. The highest BCUT2D eigenvalue weighted by molar-refractivity contribution is 6.29. The van der Waals surface area contributed by atoms with E-state index in [0.717, 1.165) is 35.4 Å². The van der Waals surface area contributed by atoms with Gasteiger partial charge in [0, 0.05) is 38.0 Å². The fourth-order valence-corrected chi connectivity index (χ4v) is 3.80. The lowest BCUT2D eigenvalue weighted by atomic mass is 10.1. The third kappa shape index (κ3) is 4.80. The van der Waals surface area contributed by atoms with Crippen molar-refractivity contribution >= 4 is 34.1 Å². The largest absolute Gasteiger partial charge is 0.493 e. The maximum absolute atomic E-state index is 12.5. The van der Waals surface area contributed by atoms with Crippen molar-refractivity contribution in [2.75, 3.05) is 37.7 Å². The lowest BCUT2D eigenvalue weighted by Crippen LogP contribution is -2.49. The van der Waals surface area contributed by atoms with Crippen LogP contribution >= 0.6 is 11.6 Å². The Labute approximate surface area is 175 Å². The van der Waals surface area contributed by atoms with Gasteiger partial charge in [0.15, 0.2) is 0 Å². The first-order chi connectivity index (χ1) is 14.2. The van der Waals surface area contributed by atoms with E-state index in [1.165, 1.54) is 0 Å². The monoisotopic (exact) mass is 409 g/mol. The number of carbonyl (C=O) groups is 1. The summed E-state index contributed by atoms with van der Waals surface area (Å²) in [5, 5.41) is 2.76. The van der Waals surface area contributed by atoms with Crippen molar-refractivity contribution in [1.82, 2.24) is 9.88 Å². The topological polar surface area (TPSA) is 45.7 Å². The Kier molecular flexibility index (Phi) is 6.15. The maximum atomic E-state index is 12.5. The average Bonchev–Trinajstić information content (AvgIpc) is 2.77. The number of benzene rings is 2. The molecule has 4 rings (SSSR count). The normalized spacial score (nSPS) is 14.2. The average molecular weight is 410 g/mol. The Balaban J connectivity index is 1.22. The first kappa shape index (κ1) is 19.5. The molecule has 3 aromatic rings. The fraction of sp³-hybridized carbons (Fsp3) is 0.304. The first-order valence-corrected chi connectivity index (χ1v) is 10.3. The predicted molar refractivity (Wildman–Crippen MR) is 117 cm³/mol. The summed E-state index contributed by atoms with van der Waals surface area (Å²) in [6.07, 6.45) is 1.21. The molecule has 0 spiro atoms. The van der Waals surface area contributed by atoms with E-state index in [4.69, 9.17) is 16.3 Å². The summed E-state index contributed by atoms with van der Waals surface area (Å²) < 4.78 is 5.94. The van der Waals surface area contributed by atoms with Crippen molar-refractivity contribution in [3.8, 4) is 5.75 Å². The maximum Gasteiger partial charge on any atom is 0.222 e. The van der Waals surface area contributed by atoms with Crippen molar-refractivity contribution in [3.63, 3.8) is 0 Å². The van der Waals surface area contributed by atoms with Gasteiger partial charge in [0.2, 0.25) is 5.91 Å². The fourth-order valence-electron chi connectivity index (χ4n) is 3.64. The van der Waals surface area contributed by atoms with E-state index in [1.807, 2.05) is 41.3 Å². The minimum absolute atomic E-state index is 0.185. The standard InChI is InChI=1S/C23H24ClN3O2/c24-21-10-4-11-22(25-21)26-13-15-27(16-14-26)23(28)12-5-17-29-20-9-3-7-18-6-1-2-8-19(18)20/h1-4,6-11H,5,12-17H2. The molecule has 1 aliphatic heterocycles. The van der Waals surface area contributed by atoms with Crippen LogP contribution in [-0.2, 0) is 4.79 Å². The molecule has 6 heteroatoms. The molecule has 5 nitrogen and oxygen atoms in total. The van der Waals surface area contributed by atoms with Gasteiger partial charge in [0.25, 0.3) is 0 Å². The van der Waals surface area contributed by atoms with E-state index < -0.39 is 0 Å². The molecule has 0 bridgehead atoms. The van der Waals surface area contributed by atoms with Crippen molar-refractivity contribution in [3.05, 3.63) is 65.8 Å². The number of ether oxygens (including phenoxy) is 1. The quantitative estimate of drug-likeness (QED) is 0.447. The number of nitrogens with zero attached hydrogens (tertiary/aromatic N) is 3. The van der Waals surface area contributed by atoms with Crippen LogP contribution in [0.4, 0.5) is 5.82 Å². The van der Waals surface area contributed by atoms with Crippen LogP contribution in [0.25, 0.3) is 10.8 Å². The first-order valence-electron chi connectivity index (χ1n) is 9.96.